The topological polar surface area (TPSA) is 146 Å². The first-order valence-corrected chi connectivity index (χ1v) is 15.9. The summed E-state index contributed by atoms with van der Waals surface area (Å²) in [7, 11) is 0. The molecule has 2 aromatic rings. The summed E-state index contributed by atoms with van der Waals surface area (Å²) in [4.78, 5) is 29.1. The van der Waals surface area contributed by atoms with Crippen LogP contribution in [-0.2, 0) is 0 Å². The van der Waals surface area contributed by atoms with Crippen molar-refractivity contribution >= 4 is 43.2 Å². The third kappa shape index (κ3) is 15.0. The highest BCUT2D eigenvalue weighted by atomic mass is 79.9. The van der Waals surface area contributed by atoms with E-state index in [1.54, 1.807) is 4.90 Å². The van der Waals surface area contributed by atoms with E-state index in [2.05, 4.69) is 51.9 Å². The average molecular weight is 776 g/mol. The van der Waals surface area contributed by atoms with Crippen molar-refractivity contribution in [1.82, 2.24) is 20.2 Å². The van der Waals surface area contributed by atoms with Gasteiger partial charge in [0.05, 0.1) is 16.4 Å². The first-order valence-electron chi connectivity index (χ1n) is 14.3. The maximum atomic E-state index is 13.9. The molecule has 12 nitrogen and oxygen atoms in total. The Kier molecular flexibility index (Phi) is 16.3. The molecule has 18 heteroatoms. The van der Waals surface area contributed by atoms with Crippen LogP contribution in [0.2, 0.25) is 0 Å². The van der Waals surface area contributed by atoms with Gasteiger partial charge in [-0.05, 0) is 83.7 Å². The molecule has 0 radical (unpaired) electrons. The van der Waals surface area contributed by atoms with E-state index in [1.807, 2.05) is 0 Å². The van der Waals surface area contributed by atoms with Gasteiger partial charge in [0.2, 0.25) is 0 Å². The van der Waals surface area contributed by atoms with E-state index < -0.39 is 71.0 Å². The highest BCUT2D eigenvalue weighted by Gasteiger charge is 2.34. The molecular weight excluding hydrogens is 740 g/mol. The van der Waals surface area contributed by atoms with Crippen molar-refractivity contribution in [1.29, 1.82) is 0 Å². The molecule has 0 spiro atoms. The molecule has 1 N–H and O–H groups in total. The van der Waals surface area contributed by atoms with Gasteiger partial charge in [-0.2, -0.15) is 0 Å². The van der Waals surface area contributed by atoms with Gasteiger partial charge in [0.1, 0.15) is 0 Å². The second-order valence-corrected chi connectivity index (χ2v) is 12.1. The second-order valence-electron chi connectivity index (χ2n) is 10.3. The lowest BCUT2D eigenvalue weighted by Gasteiger charge is -2.29. The summed E-state index contributed by atoms with van der Waals surface area (Å²) in [6.07, 6.45) is 9.21. The van der Waals surface area contributed by atoms with Crippen molar-refractivity contribution < 1.29 is 36.9 Å². The quantitative estimate of drug-likeness (QED) is 0.141. The highest BCUT2D eigenvalue weighted by Crippen LogP contribution is 2.30. The lowest BCUT2D eigenvalue weighted by molar-refractivity contribution is -0.386. The van der Waals surface area contributed by atoms with Gasteiger partial charge < -0.3 is 14.8 Å². The fourth-order valence-electron chi connectivity index (χ4n) is 4.06. The molecular formula is C27H36Br2F4N6O6. The number of nitrogens with zero attached hydrogens (tertiary/aromatic N) is 5. The van der Waals surface area contributed by atoms with Crippen molar-refractivity contribution in [2.75, 3.05) is 45.9 Å². The molecule has 0 aromatic carbocycles. The van der Waals surface area contributed by atoms with Crippen molar-refractivity contribution in [3.63, 3.8) is 0 Å². The maximum Gasteiger partial charge on any atom is 0.332 e. The molecule has 0 unspecified atom stereocenters. The van der Waals surface area contributed by atoms with E-state index in [0.29, 0.717) is 22.0 Å². The zero-order chi connectivity index (χ0) is 33.5. The summed E-state index contributed by atoms with van der Waals surface area (Å²) >= 11 is 6.04. The van der Waals surface area contributed by atoms with Gasteiger partial charge in [0, 0.05) is 39.9 Å². The van der Waals surface area contributed by atoms with E-state index in [9.17, 15) is 37.8 Å². The molecule has 0 amide bonds. The number of nitro groups is 2. The van der Waals surface area contributed by atoms with E-state index >= 15 is 0 Å². The minimum absolute atomic E-state index is 0.374. The van der Waals surface area contributed by atoms with Crippen LogP contribution in [0.15, 0.2) is 33.5 Å². The zero-order valence-corrected chi connectivity index (χ0v) is 27.8. The fraction of sp³-hybridized carbons (Fsp3) is 0.630. The van der Waals surface area contributed by atoms with Crippen LogP contribution in [0.5, 0.6) is 11.8 Å². The minimum atomic E-state index is -3.08. The number of alkyl halides is 4. The Bertz CT molecular complexity index is 1230. The Balaban J connectivity index is 0.000000270. The summed E-state index contributed by atoms with van der Waals surface area (Å²) in [5, 5.41) is 24.8. The Morgan fingerprint density at radius 3 is 1.64 bits per heavy atom. The molecule has 2 aromatic heterocycles. The summed E-state index contributed by atoms with van der Waals surface area (Å²) < 4.78 is 64.1. The molecule has 45 heavy (non-hydrogen) atoms. The van der Waals surface area contributed by atoms with Crippen LogP contribution in [0, 0.1) is 20.2 Å². The number of likely N-dealkylation sites (tertiary alicyclic amines) is 1. The number of nitrogens with one attached hydrogen (secondary N) is 1. The smallest absolute Gasteiger partial charge is 0.332 e. The molecule has 0 atom stereocenters. The molecule has 2 saturated heterocycles. The number of ether oxygens (including phenoxy) is 2. The van der Waals surface area contributed by atoms with E-state index in [4.69, 9.17) is 4.74 Å². The van der Waals surface area contributed by atoms with Crippen molar-refractivity contribution in [3.05, 3.63) is 53.7 Å². The number of halogens is 6. The number of piperidine rings is 2. The van der Waals surface area contributed by atoms with Crippen LogP contribution < -0.4 is 14.8 Å². The number of hydrogen-bond donors (Lipinski definition) is 1. The van der Waals surface area contributed by atoms with Crippen molar-refractivity contribution in [2.45, 2.75) is 63.7 Å². The third-order valence-corrected chi connectivity index (χ3v) is 7.33. The molecule has 252 valence electrons. The molecule has 2 aliphatic rings. The summed E-state index contributed by atoms with van der Waals surface area (Å²) in [6.45, 7) is 2.82. The standard InChI is InChI=1S/C13H16BrF2N3O3.C9H9BrF2N2O3.C5H11N/c14-10-6-11(19(20)21)12(17-7-10)22-9-13(15,16)8-18-4-2-1-3-5-18;1-2-9(11,12)5-17-8-7(14(15)16)3-6(10)4-13-8;1-2-4-6-5-3-1/h6-7H,1-5,8-9H2;3-4H,2,5H2,1H3;6H,1-5H2. The molecule has 4 rings (SSSR count). The first kappa shape index (κ1) is 38.5. The van der Waals surface area contributed by atoms with E-state index in [1.165, 1.54) is 57.7 Å². The number of hydrogen-bond acceptors (Lipinski definition) is 10. The minimum Gasteiger partial charge on any atom is -0.466 e. The molecule has 4 heterocycles. The number of pyridine rings is 2. The number of aromatic nitrogens is 2. The predicted octanol–water partition coefficient (Wildman–Crippen LogP) is 7.19. The monoisotopic (exact) mass is 774 g/mol. The lowest BCUT2D eigenvalue weighted by atomic mass is 10.1. The van der Waals surface area contributed by atoms with Gasteiger partial charge in [0.25, 0.3) is 23.6 Å². The van der Waals surface area contributed by atoms with Crippen LogP contribution in [-0.4, -0.2) is 82.5 Å². The SMILES string of the molecule is C1CCNCC1.CCC(F)(F)COc1ncc(Br)cc1[N+](=O)[O-].O=[N+]([O-])c1cc(Br)cnc1OCC(F)(F)CN1CCCCC1. The van der Waals surface area contributed by atoms with Gasteiger partial charge in [-0.1, -0.05) is 19.8 Å². The molecule has 0 bridgehead atoms. The van der Waals surface area contributed by atoms with E-state index in [-0.39, 0.29) is 0 Å². The fourth-order valence-corrected chi connectivity index (χ4v) is 4.70. The maximum absolute atomic E-state index is 13.9. The van der Waals surface area contributed by atoms with Gasteiger partial charge in [-0.15, -0.1) is 0 Å². The molecule has 2 fully saturated rings. The Hall–Kier alpha value is -2.70. The molecule has 2 aliphatic heterocycles. The van der Waals surface area contributed by atoms with Gasteiger partial charge in [-0.3, -0.25) is 25.1 Å². The van der Waals surface area contributed by atoms with Crippen LogP contribution in [0.25, 0.3) is 0 Å². The van der Waals surface area contributed by atoms with Gasteiger partial charge in [-0.25, -0.2) is 27.5 Å². The average Bonchev–Trinajstić information content (AvgIpc) is 3.01. The Morgan fingerprint density at radius 1 is 0.822 bits per heavy atom. The largest absolute Gasteiger partial charge is 0.466 e. The summed E-state index contributed by atoms with van der Waals surface area (Å²) in [6, 6.07) is 2.32. The zero-order valence-electron chi connectivity index (χ0n) is 24.7. The Morgan fingerprint density at radius 2 is 1.27 bits per heavy atom. The summed E-state index contributed by atoms with van der Waals surface area (Å²) in [5.41, 5.74) is -0.894. The normalized spacial score (nSPS) is 15.5. The van der Waals surface area contributed by atoms with Crippen LogP contribution in [0.4, 0.5) is 28.9 Å². The third-order valence-electron chi connectivity index (χ3n) is 6.46. The van der Waals surface area contributed by atoms with Crippen LogP contribution in [0.1, 0.15) is 51.9 Å². The predicted molar refractivity (Wildman–Crippen MR) is 165 cm³/mol. The highest BCUT2D eigenvalue weighted by molar-refractivity contribution is 9.10. The van der Waals surface area contributed by atoms with E-state index in [0.717, 1.165) is 25.3 Å². The van der Waals surface area contributed by atoms with Crippen molar-refractivity contribution in [2.24, 2.45) is 0 Å². The number of rotatable bonds is 11. The summed E-state index contributed by atoms with van der Waals surface area (Å²) in [5.74, 6) is -6.92. The second kappa shape index (κ2) is 19.1. The van der Waals surface area contributed by atoms with Crippen molar-refractivity contribution in [3.8, 4) is 11.8 Å². The molecule has 0 saturated carbocycles. The van der Waals surface area contributed by atoms with Gasteiger partial charge in [0.15, 0.2) is 13.2 Å². The van der Waals surface area contributed by atoms with Gasteiger partial charge >= 0.3 is 11.4 Å². The Labute approximate surface area is 274 Å². The lowest BCUT2D eigenvalue weighted by Crippen LogP contribution is -2.43. The first-order chi connectivity index (χ1) is 21.2. The van der Waals surface area contributed by atoms with Crippen LogP contribution >= 0.6 is 31.9 Å². The van der Waals surface area contributed by atoms with Crippen LogP contribution in [0.3, 0.4) is 0 Å². The molecule has 0 aliphatic carbocycles.